The van der Waals surface area contributed by atoms with Crippen molar-refractivity contribution < 1.29 is 4.79 Å². The largest absolute Gasteiger partial charge is 0.369 e. The summed E-state index contributed by atoms with van der Waals surface area (Å²) in [7, 11) is 0. The maximum atomic E-state index is 11.0. The first-order valence-corrected chi connectivity index (χ1v) is 5.27. The van der Waals surface area contributed by atoms with E-state index in [2.05, 4.69) is 5.32 Å². The molecule has 1 amide bonds. The summed E-state index contributed by atoms with van der Waals surface area (Å²) >= 11 is 0. The molecule has 2 aliphatic rings. The van der Waals surface area contributed by atoms with Gasteiger partial charge in [-0.3, -0.25) is 4.79 Å². The molecule has 1 aliphatic heterocycles. The molecule has 3 nitrogen and oxygen atoms in total. The molecule has 0 spiro atoms. The van der Waals surface area contributed by atoms with Crippen molar-refractivity contribution in [1.82, 2.24) is 5.32 Å². The minimum atomic E-state index is -0.0861. The minimum Gasteiger partial charge on any atom is -0.369 e. The molecule has 3 heteroatoms. The van der Waals surface area contributed by atoms with Crippen LogP contribution >= 0.6 is 0 Å². The molecule has 1 heterocycles. The molecule has 3 unspecified atom stereocenters. The first-order chi connectivity index (χ1) is 6.27. The number of hydrogen-bond donors (Lipinski definition) is 2. The number of amides is 1. The molecule has 1 aliphatic carbocycles. The minimum absolute atomic E-state index is 0.0861. The maximum Gasteiger partial charge on any atom is 0.220 e. The van der Waals surface area contributed by atoms with Crippen molar-refractivity contribution in [3.8, 4) is 0 Å². The Balaban J connectivity index is 1.95. The summed E-state index contributed by atoms with van der Waals surface area (Å²) in [5.41, 5.74) is 5.33. The van der Waals surface area contributed by atoms with E-state index in [4.69, 9.17) is 5.73 Å². The Bertz CT molecular complexity index is 205. The Morgan fingerprint density at radius 3 is 2.85 bits per heavy atom. The van der Waals surface area contributed by atoms with Crippen molar-refractivity contribution in [2.45, 2.75) is 25.7 Å². The molecule has 13 heavy (non-hydrogen) atoms. The van der Waals surface area contributed by atoms with Crippen LogP contribution in [0.25, 0.3) is 0 Å². The summed E-state index contributed by atoms with van der Waals surface area (Å²) < 4.78 is 0. The van der Waals surface area contributed by atoms with Gasteiger partial charge in [0.1, 0.15) is 0 Å². The highest BCUT2D eigenvalue weighted by molar-refractivity contribution is 5.76. The van der Waals surface area contributed by atoms with Crippen LogP contribution < -0.4 is 11.1 Å². The van der Waals surface area contributed by atoms with E-state index in [-0.39, 0.29) is 11.8 Å². The molecule has 0 aromatic carbocycles. The molecule has 3 N–H and O–H groups in total. The molecule has 1 saturated carbocycles. The number of rotatable bonds is 1. The van der Waals surface area contributed by atoms with Gasteiger partial charge < -0.3 is 11.1 Å². The van der Waals surface area contributed by atoms with Gasteiger partial charge in [0.05, 0.1) is 0 Å². The highest BCUT2D eigenvalue weighted by atomic mass is 16.1. The van der Waals surface area contributed by atoms with E-state index >= 15 is 0 Å². The van der Waals surface area contributed by atoms with Crippen LogP contribution in [0.1, 0.15) is 25.7 Å². The van der Waals surface area contributed by atoms with Gasteiger partial charge >= 0.3 is 0 Å². The van der Waals surface area contributed by atoms with Gasteiger partial charge in [0, 0.05) is 5.92 Å². The second kappa shape index (κ2) is 3.66. The van der Waals surface area contributed by atoms with E-state index in [0.29, 0.717) is 0 Å². The zero-order valence-electron chi connectivity index (χ0n) is 7.96. The van der Waals surface area contributed by atoms with Crippen LogP contribution in [0.4, 0.5) is 0 Å². The molecule has 1 saturated heterocycles. The van der Waals surface area contributed by atoms with E-state index < -0.39 is 0 Å². The number of fused-ring (bicyclic) bond motifs is 1. The molecule has 2 rings (SSSR count). The summed E-state index contributed by atoms with van der Waals surface area (Å²) in [5.74, 6) is 1.65. The third kappa shape index (κ3) is 1.85. The molecule has 0 radical (unpaired) electrons. The molecule has 0 aromatic heterocycles. The molecule has 2 fully saturated rings. The number of carbonyl (C=O) groups is 1. The Morgan fingerprint density at radius 2 is 2.08 bits per heavy atom. The number of primary amides is 1. The first kappa shape index (κ1) is 9.00. The lowest BCUT2D eigenvalue weighted by molar-refractivity contribution is -0.123. The second-order valence-corrected chi connectivity index (χ2v) is 4.43. The summed E-state index contributed by atoms with van der Waals surface area (Å²) in [6.45, 7) is 2.27. The first-order valence-electron chi connectivity index (χ1n) is 5.27. The van der Waals surface area contributed by atoms with Gasteiger partial charge in [0.25, 0.3) is 0 Å². The van der Waals surface area contributed by atoms with Gasteiger partial charge in [-0.15, -0.1) is 0 Å². The van der Waals surface area contributed by atoms with E-state index in [1.165, 1.54) is 12.8 Å². The van der Waals surface area contributed by atoms with Crippen molar-refractivity contribution in [3.63, 3.8) is 0 Å². The van der Waals surface area contributed by atoms with Crippen molar-refractivity contribution in [1.29, 1.82) is 0 Å². The molecule has 3 atom stereocenters. The zero-order valence-corrected chi connectivity index (χ0v) is 7.96. The molecular formula is C10H18N2O. The lowest BCUT2D eigenvalue weighted by Gasteiger charge is -2.38. The topological polar surface area (TPSA) is 55.1 Å². The van der Waals surface area contributed by atoms with Crippen LogP contribution in [0.3, 0.4) is 0 Å². The average Bonchev–Trinajstić information content (AvgIpc) is 2.17. The highest BCUT2D eigenvalue weighted by Crippen LogP contribution is 2.36. The van der Waals surface area contributed by atoms with Crippen LogP contribution in [-0.2, 0) is 4.79 Å². The normalized spacial score (nSPS) is 39.5. The Morgan fingerprint density at radius 1 is 1.23 bits per heavy atom. The van der Waals surface area contributed by atoms with Crippen molar-refractivity contribution in [3.05, 3.63) is 0 Å². The van der Waals surface area contributed by atoms with Crippen LogP contribution in [0.15, 0.2) is 0 Å². The van der Waals surface area contributed by atoms with Gasteiger partial charge in [-0.1, -0.05) is 0 Å². The SMILES string of the molecule is NC(=O)C1CCC2CNCCC2C1. The quantitative estimate of drug-likeness (QED) is 0.620. The summed E-state index contributed by atoms with van der Waals surface area (Å²) in [6.07, 6.45) is 4.47. The maximum absolute atomic E-state index is 11.0. The molecular weight excluding hydrogens is 164 g/mol. The number of nitrogens with one attached hydrogen (secondary N) is 1. The van der Waals surface area contributed by atoms with E-state index in [9.17, 15) is 4.79 Å². The molecule has 0 aromatic rings. The fraction of sp³-hybridized carbons (Fsp3) is 0.900. The van der Waals surface area contributed by atoms with Gasteiger partial charge in [0.15, 0.2) is 0 Å². The van der Waals surface area contributed by atoms with Gasteiger partial charge in [-0.25, -0.2) is 0 Å². The summed E-state index contributed by atoms with van der Waals surface area (Å²) in [5, 5.41) is 3.41. The van der Waals surface area contributed by atoms with Crippen LogP contribution in [0.2, 0.25) is 0 Å². The predicted molar refractivity (Wildman–Crippen MR) is 51.0 cm³/mol. The van der Waals surface area contributed by atoms with E-state index in [0.717, 1.165) is 37.8 Å². The molecule has 74 valence electrons. The zero-order chi connectivity index (χ0) is 9.26. The molecule has 0 bridgehead atoms. The fourth-order valence-electron chi connectivity index (χ4n) is 2.78. The number of carbonyl (C=O) groups excluding carboxylic acids is 1. The third-order valence-corrected chi connectivity index (χ3v) is 3.64. The van der Waals surface area contributed by atoms with Gasteiger partial charge in [0.2, 0.25) is 5.91 Å². The van der Waals surface area contributed by atoms with E-state index in [1.807, 2.05) is 0 Å². The summed E-state index contributed by atoms with van der Waals surface area (Å²) in [6, 6.07) is 0. The number of nitrogens with two attached hydrogens (primary N) is 1. The summed E-state index contributed by atoms with van der Waals surface area (Å²) in [4.78, 5) is 11.0. The van der Waals surface area contributed by atoms with Crippen LogP contribution in [-0.4, -0.2) is 19.0 Å². The van der Waals surface area contributed by atoms with Gasteiger partial charge in [-0.2, -0.15) is 0 Å². The monoisotopic (exact) mass is 182 g/mol. The lowest BCUT2D eigenvalue weighted by Crippen LogP contribution is -2.42. The van der Waals surface area contributed by atoms with Gasteiger partial charge in [-0.05, 0) is 50.6 Å². The highest BCUT2D eigenvalue weighted by Gasteiger charge is 2.33. The average molecular weight is 182 g/mol. The second-order valence-electron chi connectivity index (χ2n) is 4.43. The number of hydrogen-bond acceptors (Lipinski definition) is 2. The third-order valence-electron chi connectivity index (χ3n) is 3.64. The van der Waals surface area contributed by atoms with E-state index in [1.54, 1.807) is 0 Å². The Labute approximate surface area is 79.1 Å². The van der Waals surface area contributed by atoms with Crippen LogP contribution in [0, 0.1) is 17.8 Å². The predicted octanol–water partition coefficient (Wildman–Crippen LogP) is 0.497. The Hall–Kier alpha value is -0.570. The Kier molecular flexibility index (Phi) is 2.54. The van der Waals surface area contributed by atoms with Crippen molar-refractivity contribution in [2.24, 2.45) is 23.5 Å². The smallest absolute Gasteiger partial charge is 0.220 e. The standard InChI is InChI=1S/C10H18N2O/c11-10(13)8-1-2-9-6-12-4-3-7(9)5-8/h7-9,12H,1-6H2,(H2,11,13). The number of piperidine rings is 1. The van der Waals surface area contributed by atoms with Crippen molar-refractivity contribution >= 4 is 5.91 Å². The van der Waals surface area contributed by atoms with Crippen molar-refractivity contribution in [2.75, 3.05) is 13.1 Å². The van der Waals surface area contributed by atoms with Crippen LogP contribution in [0.5, 0.6) is 0 Å². The fourth-order valence-corrected chi connectivity index (χ4v) is 2.78. The lowest BCUT2D eigenvalue weighted by atomic mass is 9.71.